The van der Waals surface area contributed by atoms with E-state index in [0.29, 0.717) is 6.10 Å². The maximum Gasteiger partial charge on any atom is 0.317 e. The van der Waals surface area contributed by atoms with E-state index in [4.69, 9.17) is 4.74 Å². The van der Waals surface area contributed by atoms with Crippen LogP contribution >= 0.6 is 0 Å². The van der Waals surface area contributed by atoms with Crippen LogP contribution < -0.4 is 5.32 Å². The summed E-state index contributed by atoms with van der Waals surface area (Å²) in [7, 11) is 0. The smallest absolute Gasteiger partial charge is 0.317 e. The lowest BCUT2D eigenvalue weighted by Crippen LogP contribution is -2.54. The molecule has 0 aromatic carbocycles. The molecule has 6 nitrogen and oxygen atoms in total. The molecule has 1 aliphatic carbocycles. The van der Waals surface area contributed by atoms with Crippen molar-refractivity contribution in [2.75, 3.05) is 32.8 Å². The lowest BCUT2D eigenvalue weighted by Gasteiger charge is -2.36. The highest BCUT2D eigenvalue weighted by atomic mass is 16.5. The molecule has 3 fully saturated rings. The normalized spacial score (nSPS) is 27.9. The number of carbonyl (C=O) groups excluding carboxylic acids is 1. The van der Waals surface area contributed by atoms with E-state index in [9.17, 15) is 4.79 Å². The molecule has 2 amide bonds. The van der Waals surface area contributed by atoms with Crippen LogP contribution in [0.3, 0.4) is 0 Å². The first-order valence-electron chi connectivity index (χ1n) is 9.57. The van der Waals surface area contributed by atoms with E-state index in [-0.39, 0.29) is 12.1 Å². The molecular weight excluding hydrogens is 316 g/mol. The number of hydrogen-bond acceptors (Lipinski definition) is 4. The summed E-state index contributed by atoms with van der Waals surface area (Å²) >= 11 is 0. The molecule has 136 valence electrons. The van der Waals surface area contributed by atoms with Gasteiger partial charge in [0.05, 0.1) is 11.8 Å². The molecule has 1 saturated carbocycles. The Hall–Kier alpha value is -1.66. The summed E-state index contributed by atoms with van der Waals surface area (Å²) in [6, 6.07) is 6.39. The van der Waals surface area contributed by atoms with E-state index in [0.717, 1.165) is 63.8 Å². The third-order valence-electron chi connectivity index (χ3n) is 5.56. The number of carbonyl (C=O) groups is 1. The SMILES string of the molecule is O=C(NC1CCOC(C2CC2)C1)N1CCN(Cc2ccccn2)CC1. The van der Waals surface area contributed by atoms with Crippen molar-refractivity contribution in [1.82, 2.24) is 20.1 Å². The van der Waals surface area contributed by atoms with Gasteiger partial charge < -0.3 is 15.0 Å². The summed E-state index contributed by atoms with van der Waals surface area (Å²) in [5, 5.41) is 3.24. The number of aromatic nitrogens is 1. The number of urea groups is 1. The van der Waals surface area contributed by atoms with E-state index >= 15 is 0 Å². The molecule has 0 bridgehead atoms. The Morgan fingerprint density at radius 1 is 1.20 bits per heavy atom. The average Bonchev–Trinajstić information content (AvgIpc) is 3.49. The zero-order valence-electron chi connectivity index (χ0n) is 14.8. The monoisotopic (exact) mass is 344 g/mol. The van der Waals surface area contributed by atoms with Crippen LogP contribution in [0.1, 0.15) is 31.4 Å². The Morgan fingerprint density at radius 3 is 2.76 bits per heavy atom. The van der Waals surface area contributed by atoms with Crippen LogP contribution in [-0.2, 0) is 11.3 Å². The standard InChI is InChI=1S/C19H28N4O2/c24-19(21-16-6-12-25-18(13-16)15-4-5-15)23-10-8-22(9-11-23)14-17-3-1-2-7-20-17/h1-3,7,15-16,18H,4-6,8-14H2,(H,21,24). The van der Waals surface area contributed by atoms with Gasteiger partial charge in [0.2, 0.25) is 0 Å². The van der Waals surface area contributed by atoms with Crippen molar-refractivity contribution in [3.8, 4) is 0 Å². The van der Waals surface area contributed by atoms with Gasteiger partial charge in [-0.3, -0.25) is 9.88 Å². The second kappa shape index (κ2) is 7.70. The third kappa shape index (κ3) is 4.50. The van der Waals surface area contributed by atoms with E-state index in [2.05, 4.69) is 21.3 Å². The Labute approximate surface area is 149 Å². The number of nitrogens with one attached hydrogen (secondary N) is 1. The van der Waals surface area contributed by atoms with Crippen molar-refractivity contribution in [3.05, 3.63) is 30.1 Å². The number of amides is 2. The molecule has 6 heteroatoms. The first-order chi connectivity index (χ1) is 12.3. The Kier molecular flexibility index (Phi) is 5.17. The fraction of sp³-hybridized carbons (Fsp3) is 0.684. The van der Waals surface area contributed by atoms with Gasteiger partial charge in [0.15, 0.2) is 0 Å². The van der Waals surface area contributed by atoms with Gasteiger partial charge in [-0.15, -0.1) is 0 Å². The highest BCUT2D eigenvalue weighted by Gasteiger charge is 2.36. The minimum Gasteiger partial charge on any atom is -0.378 e. The van der Waals surface area contributed by atoms with Gasteiger partial charge >= 0.3 is 6.03 Å². The van der Waals surface area contributed by atoms with Crippen molar-refractivity contribution in [3.63, 3.8) is 0 Å². The summed E-state index contributed by atoms with van der Waals surface area (Å²) < 4.78 is 5.85. The maximum atomic E-state index is 12.6. The van der Waals surface area contributed by atoms with Gasteiger partial charge in [-0.05, 0) is 43.7 Å². The number of pyridine rings is 1. The second-order valence-corrected chi connectivity index (χ2v) is 7.50. The lowest BCUT2D eigenvalue weighted by atomic mass is 10.0. The molecule has 2 aliphatic heterocycles. The predicted molar refractivity (Wildman–Crippen MR) is 95.1 cm³/mol. The van der Waals surface area contributed by atoms with Crippen LogP contribution in [0.5, 0.6) is 0 Å². The van der Waals surface area contributed by atoms with Crippen molar-refractivity contribution in [2.45, 2.75) is 44.4 Å². The third-order valence-corrected chi connectivity index (χ3v) is 5.56. The number of rotatable bonds is 4. The molecular formula is C19H28N4O2. The first kappa shape index (κ1) is 16.8. The van der Waals surface area contributed by atoms with Gasteiger partial charge in [0.25, 0.3) is 0 Å². The minimum absolute atomic E-state index is 0.0962. The van der Waals surface area contributed by atoms with E-state index in [1.165, 1.54) is 12.8 Å². The number of piperazine rings is 1. The van der Waals surface area contributed by atoms with E-state index in [1.807, 2.05) is 23.2 Å². The molecule has 25 heavy (non-hydrogen) atoms. The van der Waals surface area contributed by atoms with Crippen LogP contribution in [0.15, 0.2) is 24.4 Å². The predicted octanol–water partition coefficient (Wildman–Crippen LogP) is 1.87. The minimum atomic E-state index is 0.0962. The summed E-state index contributed by atoms with van der Waals surface area (Å²) in [4.78, 5) is 21.3. The van der Waals surface area contributed by atoms with Crippen LogP contribution in [0.4, 0.5) is 4.79 Å². The summed E-state index contributed by atoms with van der Waals surface area (Å²) in [6.45, 7) is 5.02. The molecule has 1 aromatic rings. The molecule has 2 saturated heterocycles. The molecule has 3 aliphatic rings. The topological polar surface area (TPSA) is 57.7 Å². The molecule has 1 N–H and O–H groups in total. The molecule has 3 heterocycles. The van der Waals surface area contributed by atoms with Crippen molar-refractivity contribution in [1.29, 1.82) is 0 Å². The van der Waals surface area contributed by atoms with Crippen LogP contribution in [0, 0.1) is 5.92 Å². The van der Waals surface area contributed by atoms with E-state index < -0.39 is 0 Å². The zero-order valence-corrected chi connectivity index (χ0v) is 14.8. The molecule has 0 spiro atoms. The Balaban J connectivity index is 1.21. The van der Waals surface area contributed by atoms with Gasteiger partial charge in [0, 0.05) is 51.6 Å². The average molecular weight is 344 g/mol. The zero-order chi connectivity index (χ0) is 17.1. The number of ether oxygens (including phenoxy) is 1. The molecule has 1 aromatic heterocycles. The Bertz CT molecular complexity index is 570. The maximum absolute atomic E-state index is 12.6. The molecule has 2 atom stereocenters. The van der Waals surface area contributed by atoms with Gasteiger partial charge in [-0.1, -0.05) is 6.07 Å². The van der Waals surface area contributed by atoms with Crippen molar-refractivity contribution >= 4 is 6.03 Å². The fourth-order valence-corrected chi connectivity index (χ4v) is 3.85. The lowest BCUT2D eigenvalue weighted by molar-refractivity contribution is -0.0101. The summed E-state index contributed by atoms with van der Waals surface area (Å²) in [6.07, 6.45) is 6.72. The van der Waals surface area contributed by atoms with E-state index in [1.54, 1.807) is 0 Å². The van der Waals surface area contributed by atoms with Gasteiger partial charge in [0.1, 0.15) is 0 Å². The van der Waals surface area contributed by atoms with Crippen LogP contribution in [0.25, 0.3) is 0 Å². The number of nitrogens with zero attached hydrogens (tertiary/aromatic N) is 3. The van der Waals surface area contributed by atoms with Crippen molar-refractivity contribution < 1.29 is 9.53 Å². The van der Waals surface area contributed by atoms with Crippen LogP contribution in [0.2, 0.25) is 0 Å². The summed E-state index contributed by atoms with van der Waals surface area (Å²) in [5.74, 6) is 0.745. The first-order valence-corrected chi connectivity index (χ1v) is 9.57. The largest absolute Gasteiger partial charge is 0.378 e. The molecule has 0 radical (unpaired) electrons. The van der Waals surface area contributed by atoms with Gasteiger partial charge in [-0.2, -0.15) is 0 Å². The highest BCUT2D eigenvalue weighted by molar-refractivity contribution is 5.74. The quantitative estimate of drug-likeness (QED) is 0.906. The number of hydrogen-bond donors (Lipinski definition) is 1. The summed E-state index contributed by atoms with van der Waals surface area (Å²) in [5.41, 5.74) is 1.09. The fourth-order valence-electron chi connectivity index (χ4n) is 3.85. The van der Waals surface area contributed by atoms with Crippen LogP contribution in [-0.4, -0.2) is 65.7 Å². The highest BCUT2D eigenvalue weighted by Crippen LogP contribution is 2.38. The molecule has 4 rings (SSSR count). The van der Waals surface area contributed by atoms with Crippen molar-refractivity contribution in [2.24, 2.45) is 5.92 Å². The Morgan fingerprint density at radius 2 is 2.04 bits per heavy atom. The second-order valence-electron chi connectivity index (χ2n) is 7.50. The molecule has 2 unspecified atom stereocenters. The van der Waals surface area contributed by atoms with Gasteiger partial charge in [-0.25, -0.2) is 4.79 Å².